The Kier molecular flexibility index (Phi) is 8.68. The molecule has 3 N–H and O–H groups in total. The number of rotatable bonds is 6. The molecule has 0 aliphatic heterocycles. The molecule has 0 spiro atoms. The lowest BCUT2D eigenvalue weighted by Gasteiger charge is -2.11. The summed E-state index contributed by atoms with van der Waals surface area (Å²) in [5, 5.41) is 13.5. The van der Waals surface area contributed by atoms with Crippen molar-refractivity contribution in [2.45, 2.75) is 33.7 Å². The third-order valence-electron chi connectivity index (χ3n) is 3.30. The van der Waals surface area contributed by atoms with Crippen LogP contribution in [0.15, 0.2) is 35.5 Å². The van der Waals surface area contributed by atoms with Crippen LogP contribution in [-0.4, -0.2) is 29.2 Å². The Morgan fingerprint density at radius 3 is 2.52 bits per heavy atom. The summed E-state index contributed by atoms with van der Waals surface area (Å²) in [5.74, 6) is 0.835. The second-order valence-corrected chi connectivity index (χ2v) is 5.45. The fourth-order valence-electron chi connectivity index (χ4n) is 2.42. The van der Waals surface area contributed by atoms with E-state index >= 15 is 0 Å². The summed E-state index contributed by atoms with van der Waals surface area (Å²) in [6.07, 6.45) is 2.72. The standard InChI is InChI=1S/C17H25N5.HI/c1-4-18-17(20-12-16-6-8-21-22-16)19-7-5-15-10-13(2)9-14(3)11-15;/h6,8-11H,4-5,7,12H2,1-3H3,(H,21,22)(H2,18,19,20);1H. The van der Waals surface area contributed by atoms with E-state index in [4.69, 9.17) is 0 Å². The summed E-state index contributed by atoms with van der Waals surface area (Å²) >= 11 is 0. The van der Waals surface area contributed by atoms with Gasteiger partial charge in [0.15, 0.2) is 5.96 Å². The van der Waals surface area contributed by atoms with Crippen molar-refractivity contribution in [2.24, 2.45) is 4.99 Å². The first-order valence-corrected chi connectivity index (χ1v) is 7.75. The van der Waals surface area contributed by atoms with Crippen molar-refractivity contribution in [1.29, 1.82) is 0 Å². The maximum absolute atomic E-state index is 4.55. The molecule has 2 aromatic rings. The predicted octanol–water partition coefficient (Wildman–Crippen LogP) is 2.94. The largest absolute Gasteiger partial charge is 0.357 e. The summed E-state index contributed by atoms with van der Waals surface area (Å²) in [4.78, 5) is 4.55. The molecule has 0 saturated heterocycles. The van der Waals surface area contributed by atoms with Crippen molar-refractivity contribution in [3.8, 4) is 0 Å². The summed E-state index contributed by atoms with van der Waals surface area (Å²) in [7, 11) is 0. The average Bonchev–Trinajstić information content (AvgIpc) is 2.97. The van der Waals surface area contributed by atoms with E-state index in [1.807, 2.05) is 6.07 Å². The lowest BCUT2D eigenvalue weighted by molar-refractivity contribution is 0.795. The van der Waals surface area contributed by atoms with E-state index in [1.54, 1.807) is 6.20 Å². The molecule has 0 atom stereocenters. The molecule has 0 fully saturated rings. The molecule has 1 aromatic carbocycles. The fraction of sp³-hybridized carbons (Fsp3) is 0.412. The molecule has 0 unspecified atom stereocenters. The van der Waals surface area contributed by atoms with Crippen LogP contribution in [0.2, 0.25) is 0 Å². The van der Waals surface area contributed by atoms with Gasteiger partial charge in [-0.15, -0.1) is 24.0 Å². The number of aromatic amines is 1. The number of hydrogen-bond acceptors (Lipinski definition) is 2. The Labute approximate surface area is 155 Å². The third-order valence-corrected chi connectivity index (χ3v) is 3.30. The summed E-state index contributed by atoms with van der Waals surface area (Å²) in [6.45, 7) is 8.64. The monoisotopic (exact) mass is 427 g/mol. The van der Waals surface area contributed by atoms with Gasteiger partial charge in [-0.2, -0.15) is 5.10 Å². The van der Waals surface area contributed by atoms with Gasteiger partial charge in [-0.25, -0.2) is 4.99 Å². The van der Waals surface area contributed by atoms with Crippen molar-refractivity contribution < 1.29 is 0 Å². The van der Waals surface area contributed by atoms with Gasteiger partial charge in [0, 0.05) is 19.3 Å². The van der Waals surface area contributed by atoms with Gasteiger partial charge in [-0.05, 0) is 38.8 Å². The number of aromatic nitrogens is 2. The average molecular weight is 427 g/mol. The highest BCUT2D eigenvalue weighted by Crippen LogP contribution is 2.08. The second-order valence-electron chi connectivity index (χ2n) is 5.45. The molecule has 5 nitrogen and oxygen atoms in total. The van der Waals surface area contributed by atoms with Gasteiger partial charge >= 0.3 is 0 Å². The number of hydrogen-bond donors (Lipinski definition) is 3. The molecule has 126 valence electrons. The molecule has 23 heavy (non-hydrogen) atoms. The van der Waals surface area contributed by atoms with E-state index < -0.39 is 0 Å². The van der Waals surface area contributed by atoms with Gasteiger partial charge in [-0.1, -0.05) is 29.3 Å². The van der Waals surface area contributed by atoms with Crippen LogP contribution in [0.4, 0.5) is 0 Å². The van der Waals surface area contributed by atoms with Gasteiger partial charge in [-0.3, -0.25) is 5.10 Å². The van der Waals surface area contributed by atoms with Crippen molar-refractivity contribution in [1.82, 2.24) is 20.8 Å². The summed E-state index contributed by atoms with van der Waals surface area (Å²) < 4.78 is 0. The van der Waals surface area contributed by atoms with Crippen LogP contribution in [0, 0.1) is 13.8 Å². The van der Waals surface area contributed by atoms with Crippen molar-refractivity contribution in [3.63, 3.8) is 0 Å². The molecule has 6 heteroatoms. The molecular weight excluding hydrogens is 401 g/mol. The molecule has 0 aliphatic rings. The summed E-state index contributed by atoms with van der Waals surface area (Å²) in [5.41, 5.74) is 4.99. The molecular formula is C17H26IN5. The maximum atomic E-state index is 4.55. The quantitative estimate of drug-likeness (QED) is 0.378. The van der Waals surface area contributed by atoms with E-state index in [9.17, 15) is 0 Å². The zero-order valence-electron chi connectivity index (χ0n) is 14.0. The molecule has 0 radical (unpaired) electrons. The third kappa shape index (κ3) is 7.02. The normalized spacial score (nSPS) is 11.0. The first-order valence-electron chi connectivity index (χ1n) is 7.75. The highest BCUT2D eigenvalue weighted by molar-refractivity contribution is 14.0. The van der Waals surface area contributed by atoms with Crippen molar-refractivity contribution in [2.75, 3.05) is 13.1 Å². The minimum Gasteiger partial charge on any atom is -0.357 e. The fourth-order valence-corrected chi connectivity index (χ4v) is 2.42. The molecule has 0 saturated carbocycles. The first kappa shape index (κ1) is 19.5. The number of H-pyrrole nitrogens is 1. The Hall–Kier alpha value is -1.57. The van der Waals surface area contributed by atoms with Gasteiger partial charge in [0.05, 0.1) is 12.2 Å². The van der Waals surface area contributed by atoms with Crippen LogP contribution in [0.5, 0.6) is 0 Å². The van der Waals surface area contributed by atoms with E-state index in [-0.39, 0.29) is 24.0 Å². The zero-order valence-corrected chi connectivity index (χ0v) is 16.3. The highest BCUT2D eigenvalue weighted by Gasteiger charge is 2.00. The molecule has 2 rings (SSSR count). The van der Waals surface area contributed by atoms with Gasteiger partial charge in [0.25, 0.3) is 0 Å². The van der Waals surface area contributed by atoms with Gasteiger partial charge in [0.2, 0.25) is 0 Å². The molecule has 0 aliphatic carbocycles. The molecule has 1 heterocycles. The lowest BCUT2D eigenvalue weighted by Crippen LogP contribution is -2.38. The molecule has 0 bridgehead atoms. The number of nitrogens with one attached hydrogen (secondary N) is 3. The predicted molar refractivity (Wildman–Crippen MR) is 106 cm³/mol. The minimum atomic E-state index is 0. The first-order chi connectivity index (χ1) is 10.7. The Morgan fingerprint density at radius 2 is 1.91 bits per heavy atom. The Bertz CT molecular complexity index is 587. The minimum absolute atomic E-state index is 0. The molecule has 0 amide bonds. The van der Waals surface area contributed by atoms with E-state index in [0.29, 0.717) is 6.54 Å². The zero-order chi connectivity index (χ0) is 15.8. The Morgan fingerprint density at radius 1 is 1.17 bits per heavy atom. The van der Waals surface area contributed by atoms with Crippen LogP contribution < -0.4 is 10.6 Å². The van der Waals surface area contributed by atoms with E-state index in [2.05, 4.69) is 64.8 Å². The van der Waals surface area contributed by atoms with Crippen LogP contribution in [0.1, 0.15) is 29.3 Å². The number of aryl methyl sites for hydroxylation is 2. The van der Waals surface area contributed by atoms with Crippen LogP contribution in [-0.2, 0) is 13.0 Å². The summed E-state index contributed by atoms with van der Waals surface area (Å²) in [6, 6.07) is 8.61. The van der Waals surface area contributed by atoms with Crippen LogP contribution in [0.25, 0.3) is 0 Å². The SMILES string of the molecule is CCNC(=NCc1ccn[nH]1)NCCc1cc(C)cc(C)c1.I. The van der Waals surface area contributed by atoms with Gasteiger partial charge < -0.3 is 10.6 Å². The Balaban J connectivity index is 0.00000264. The highest BCUT2D eigenvalue weighted by atomic mass is 127. The number of guanidine groups is 1. The van der Waals surface area contributed by atoms with Crippen molar-refractivity contribution >= 4 is 29.9 Å². The number of nitrogens with zero attached hydrogens (tertiary/aromatic N) is 2. The van der Waals surface area contributed by atoms with Crippen LogP contribution in [0.3, 0.4) is 0 Å². The smallest absolute Gasteiger partial charge is 0.191 e. The van der Waals surface area contributed by atoms with E-state index in [1.165, 1.54) is 16.7 Å². The number of halogens is 1. The second kappa shape index (κ2) is 10.3. The van der Waals surface area contributed by atoms with Gasteiger partial charge in [0.1, 0.15) is 0 Å². The van der Waals surface area contributed by atoms with E-state index in [0.717, 1.165) is 31.2 Å². The maximum Gasteiger partial charge on any atom is 0.191 e. The molecule has 1 aromatic heterocycles. The number of benzene rings is 1. The van der Waals surface area contributed by atoms with Crippen LogP contribution >= 0.6 is 24.0 Å². The lowest BCUT2D eigenvalue weighted by atomic mass is 10.1. The number of aliphatic imine (C=N–C) groups is 1. The van der Waals surface area contributed by atoms with Crippen molar-refractivity contribution in [3.05, 3.63) is 52.8 Å². The topological polar surface area (TPSA) is 65.1 Å².